The summed E-state index contributed by atoms with van der Waals surface area (Å²) in [6, 6.07) is 2.12. The van der Waals surface area contributed by atoms with E-state index in [0.717, 1.165) is 4.47 Å². The first-order chi connectivity index (χ1) is 6.74. The van der Waals surface area contributed by atoms with Gasteiger partial charge in [-0.05, 0) is 46.7 Å². The van der Waals surface area contributed by atoms with E-state index in [-0.39, 0.29) is 0 Å². The molecule has 0 atom stereocenters. The van der Waals surface area contributed by atoms with Crippen LogP contribution in [0.1, 0.15) is 31.7 Å². The van der Waals surface area contributed by atoms with Crippen LogP contribution >= 0.6 is 27.7 Å². The third-order valence-corrected chi connectivity index (χ3v) is 3.61. The smallest absolute Gasteiger partial charge is 0.0989 e. The molecular formula is C11H16BrNS. The highest BCUT2D eigenvalue weighted by atomic mass is 79.9. The number of thioether (sulfide) groups is 1. The van der Waals surface area contributed by atoms with E-state index in [0.29, 0.717) is 0 Å². The van der Waals surface area contributed by atoms with E-state index < -0.39 is 0 Å². The Morgan fingerprint density at radius 3 is 2.86 bits per heavy atom. The lowest BCUT2D eigenvalue weighted by atomic mass is 10.3. The molecule has 0 radical (unpaired) electrons. The molecule has 3 heteroatoms. The Morgan fingerprint density at radius 2 is 2.21 bits per heavy atom. The highest BCUT2D eigenvalue weighted by Gasteiger charge is 2.00. The van der Waals surface area contributed by atoms with Gasteiger partial charge in [-0.3, -0.25) is 0 Å². The molecule has 0 aliphatic heterocycles. The number of hydrogen-bond acceptors (Lipinski definition) is 2. The van der Waals surface area contributed by atoms with Crippen LogP contribution in [0.3, 0.4) is 0 Å². The van der Waals surface area contributed by atoms with Crippen molar-refractivity contribution in [1.29, 1.82) is 0 Å². The number of hydrogen-bond donors (Lipinski definition) is 0. The van der Waals surface area contributed by atoms with Gasteiger partial charge in [0.25, 0.3) is 0 Å². The summed E-state index contributed by atoms with van der Waals surface area (Å²) in [5, 5.41) is 1.17. The Balaban J connectivity index is 2.42. The highest BCUT2D eigenvalue weighted by molar-refractivity contribution is 9.10. The number of aromatic nitrogens is 1. The van der Waals surface area contributed by atoms with E-state index in [4.69, 9.17) is 0 Å². The maximum absolute atomic E-state index is 4.39. The Bertz CT molecular complexity index is 289. The second kappa shape index (κ2) is 6.46. The highest BCUT2D eigenvalue weighted by Crippen LogP contribution is 2.23. The molecule has 1 heterocycles. The zero-order chi connectivity index (χ0) is 10.4. The molecular weight excluding hydrogens is 258 g/mol. The number of unbranched alkanes of at least 4 members (excludes halogenated alkanes) is 2. The van der Waals surface area contributed by atoms with E-state index in [1.807, 2.05) is 18.0 Å². The molecule has 1 aromatic heterocycles. The maximum Gasteiger partial charge on any atom is 0.0989 e. The summed E-state index contributed by atoms with van der Waals surface area (Å²) >= 11 is 5.28. The van der Waals surface area contributed by atoms with Crippen LogP contribution in [0, 0.1) is 6.92 Å². The summed E-state index contributed by atoms with van der Waals surface area (Å²) in [5.41, 5.74) is 1.26. The number of halogens is 1. The van der Waals surface area contributed by atoms with Gasteiger partial charge in [0.2, 0.25) is 0 Å². The monoisotopic (exact) mass is 273 g/mol. The number of aryl methyl sites for hydroxylation is 1. The van der Waals surface area contributed by atoms with E-state index in [1.165, 1.54) is 35.6 Å². The topological polar surface area (TPSA) is 12.9 Å². The van der Waals surface area contributed by atoms with Crippen LogP contribution in [0.5, 0.6) is 0 Å². The molecule has 1 rings (SSSR count). The molecule has 0 spiro atoms. The van der Waals surface area contributed by atoms with Crippen LogP contribution in [0.4, 0.5) is 0 Å². The molecule has 0 unspecified atom stereocenters. The molecule has 0 amide bonds. The molecule has 0 bridgehead atoms. The zero-order valence-corrected chi connectivity index (χ0v) is 11.1. The van der Waals surface area contributed by atoms with Gasteiger partial charge in [0.05, 0.1) is 5.03 Å². The fourth-order valence-electron chi connectivity index (χ4n) is 1.20. The average molecular weight is 274 g/mol. The summed E-state index contributed by atoms with van der Waals surface area (Å²) in [6.45, 7) is 4.34. The molecule has 0 N–H and O–H groups in total. The van der Waals surface area contributed by atoms with Gasteiger partial charge in [0.15, 0.2) is 0 Å². The van der Waals surface area contributed by atoms with Gasteiger partial charge in [-0.2, -0.15) is 0 Å². The van der Waals surface area contributed by atoms with Crippen molar-refractivity contribution in [1.82, 2.24) is 4.98 Å². The summed E-state index contributed by atoms with van der Waals surface area (Å²) in [4.78, 5) is 4.39. The average Bonchev–Trinajstić information content (AvgIpc) is 2.15. The summed E-state index contributed by atoms with van der Waals surface area (Å²) < 4.78 is 1.06. The van der Waals surface area contributed by atoms with Crippen molar-refractivity contribution in [2.24, 2.45) is 0 Å². The van der Waals surface area contributed by atoms with Gasteiger partial charge >= 0.3 is 0 Å². The molecule has 0 saturated carbocycles. The first-order valence-corrected chi connectivity index (χ1v) is 6.77. The molecule has 0 aromatic carbocycles. The summed E-state index contributed by atoms with van der Waals surface area (Å²) in [6.07, 6.45) is 5.77. The number of nitrogens with zero attached hydrogens (tertiary/aromatic N) is 1. The van der Waals surface area contributed by atoms with E-state index >= 15 is 0 Å². The van der Waals surface area contributed by atoms with Gasteiger partial charge in [0, 0.05) is 10.7 Å². The third kappa shape index (κ3) is 4.01. The maximum atomic E-state index is 4.39. The van der Waals surface area contributed by atoms with Crippen LogP contribution in [0.15, 0.2) is 21.8 Å². The minimum Gasteiger partial charge on any atom is -0.248 e. The van der Waals surface area contributed by atoms with Crippen molar-refractivity contribution in [2.75, 3.05) is 5.75 Å². The minimum atomic E-state index is 1.06. The fourth-order valence-corrected chi connectivity index (χ4v) is 2.60. The Kier molecular flexibility index (Phi) is 5.56. The van der Waals surface area contributed by atoms with Crippen molar-refractivity contribution in [3.05, 3.63) is 22.3 Å². The second-order valence-corrected chi connectivity index (χ2v) is 5.33. The van der Waals surface area contributed by atoms with Crippen molar-refractivity contribution >= 4 is 27.7 Å². The van der Waals surface area contributed by atoms with Gasteiger partial charge < -0.3 is 0 Å². The van der Waals surface area contributed by atoms with Crippen LogP contribution in [0.2, 0.25) is 0 Å². The van der Waals surface area contributed by atoms with Crippen LogP contribution in [0.25, 0.3) is 0 Å². The van der Waals surface area contributed by atoms with Gasteiger partial charge in [0.1, 0.15) is 0 Å². The first-order valence-electron chi connectivity index (χ1n) is 4.99. The van der Waals surface area contributed by atoms with E-state index in [1.54, 1.807) is 0 Å². The van der Waals surface area contributed by atoms with Crippen molar-refractivity contribution in [2.45, 2.75) is 38.1 Å². The largest absolute Gasteiger partial charge is 0.248 e. The standard InChI is InChI=1S/C11H16BrNS/c1-3-4-5-6-14-11-9(2)7-10(12)8-13-11/h7-8H,3-6H2,1-2H3. The number of pyridine rings is 1. The van der Waals surface area contributed by atoms with Crippen molar-refractivity contribution in [3.8, 4) is 0 Å². The normalized spacial score (nSPS) is 10.5. The van der Waals surface area contributed by atoms with Crippen LogP contribution in [-0.2, 0) is 0 Å². The van der Waals surface area contributed by atoms with E-state index in [9.17, 15) is 0 Å². The molecule has 1 nitrogen and oxygen atoms in total. The zero-order valence-electron chi connectivity index (χ0n) is 8.72. The Morgan fingerprint density at radius 1 is 1.43 bits per heavy atom. The molecule has 0 saturated heterocycles. The van der Waals surface area contributed by atoms with Gasteiger partial charge in [-0.25, -0.2) is 4.98 Å². The van der Waals surface area contributed by atoms with E-state index in [2.05, 4.69) is 40.8 Å². The van der Waals surface area contributed by atoms with Gasteiger partial charge in [-0.1, -0.05) is 19.8 Å². The minimum absolute atomic E-state index is 1.06. The Hall–Kier alpha value is -0.0200. The summed E-state index contributed by atoms with van der Waals surface area (Å²) in [5.74, 6) is 1.18. The second-order valence-electron chi connectivity index (χ2n) is 3.33. The summed E-state index contributed by atoms with van der Waals surface area (Å²) in [7, 11) is 0. The lowest BCUT2D eigenvalue weighted by Crippen LogP contribution is -1.87. The fraction of sp³-hybridized carbons (Fsp3) is 0.545. The van der Waals surface area contributed by atoms with Crippen molar-refractivity contribution in [3.63, 3.8) is 0 Å². The van der Waals surface area contributed by atoms with Crippen LogP contribution < -0.4 is 0 Å². The van der Waals surface area contributed by atoms with Crippen LogP contribution in [-0.4, -0.2) is 10.7 Å². The molecule has 78 valence electrons. The van der Waals surface area contributed by atoms with Gasteiger partial charge in [-0.15, -0.1) is 11.8 Å². The lowest BCUT2D eigenvalue weighted by Gasteiger charge is -2.04. The third-order valence-electron chi connectivity index (χ3n) is 1.98. The molecule has 0 aliphatic carbocycles. The predicted octanol–water partition coefficient (Wildman–Crippen LogP) is 4.43. The SMILES string of the molecule is CCCCCSc1ncc(Br)cc1C. The molecule has 14 heavy (non-hydrogen) atoms. The molecule has 1 aromatic rings. The molecule has 0 fully saturated rings. The quantitative estimate of drug-likeness (QED) is 0.581. The first kappa shape index (κ1) is 12.1. The number of rotatable bonds is 5. The van der Waals surface area contributed by atoms with Crippen molar-refractivity contribution < 1.29 is 0 Å². The molecule has 0 aliphatic rings. The lowest BCUT2D eigenvalue weighted by molar-refractivity contribution is 0.778. The predicted molar refractivity (Wildman–Crippen MR) is 66.9 cm³/mol. The Labute approximate surface area is 98.8 Å².